The molecule has 1 N–H and O–H groups in total. The van der Waals surface area contributed by atoms with E-state index in [-0.39, 0.29) is 0 Å². The lowest BCUT2D eigenvalue weighted by Crippen LogP contribution is -2.13. The normalized spacial score (nSPS) is 30.8. The van der Waals surface area contributed by atoms with Gasteiger partial charge in [0.25, 0.3) is 0 Å². The van der Waals surface area contributed by atoms with E-state index in [1.54, 1.807) is 0 Å². The maximum absolute atomic E-state index is 5.61. The van der Waals surface area contributed by atoms with Crippen molar-refractivity contribution >= 4 is 11.8 Å². The Bertz CT molecular complexity index is 341. The average Bonchev–Trinajstić information content (AvgIpc) is 3.01. The van der Waals surface area contributed by atoms with E-state index in [4.69, 9.17) is 4.42 Å². The molecule has 2 unspecified atom stereocenters. The second kappa shape index (κ2) is 4.80. The summed E-state index contributed by atoms with van der Waals surface area (Å²) >= 11 is 2.03. The molecule has 1 aromatic rings. The number of nitrogens with zero attached hydrogens (tertiary/aromatic N) is 1. The van der Waals surface area contributed by atoms with Crippen LogP contribution in [0.2, 0.25) is 0 Å². The monoisotopic (exact) mass is 238 g/mol. The van der Waals surface area contributed by atoms with Crippen LogP contribution in [0.4, 0.5) is 0 Å². The van der Waals surface area contributed by atoms with Gasteiger partial charge in [-0.05, 0) is 38.0 Å². The van der Waals surface area contributed by atoms with Crippen LogP contribution in [0.15, 0.2) is 10.7 Å². The standard InChI is InChI=1S/C12H18N2OS/c1-2-7-16-11(5-1)10-8-15-12(14-10)9-4-3-6-13-9/h8-9,11,13H,1-7H2. The number of hydrogen-bond donors (Lipinski definition) is 1. The molecule has 3 heterocycles. The second-order valence-corrected chi connectivity index (χ2v) is 5.93. The number of thioether (sulfide) groups is 1. The highest BCUT2D eigenvalue weighted by Gasteiger charge is 2.24. The first-order valence-corrected chi connectivity index (χ1v) is 7.28. The van der Waals surface area contributed by atoms with Crippen molar-refractivity contribution in [2.24, 2.45) is 0 Å². The Morgan fingerprint density at radius 1 is 1.31 bits per heavy atom. The summed E-state index contributed by atoms with van der Waals surface area (Å²) < 4.78 is 5.61. The molecular formula is C12H18N2OS. The van der Waals surface area contributed by atoms with Crippen LogP contribution in [0.25, 0.3) is 0 Å². The minimum absolute atomic E-state index is 0.363. The molecule has 0 amide bonds. The van der Waals surface area contributed by atoms with Gasteiger partial charge >= 0.3 is 0 Å². The highest BCUT2D eigenvalue weighted by atomic mass is 32.2. The Kier molecular flexibility index (Phi) is 3.20. The molecule has 16 heavy (non-hydrogen) atoms. The van der Waals surface area contributed by atoms with Gasteiger partial charge in [0, 0.05) is 0 Å². The highest BCUT2D eigenvalue weighted by molar-refractivity contribution is 7.99. The molecule has 2 atom stereocenters. The molecule has 0 aliphatic carbocycles. The number of nitrogens with one attached hydrogen (secondary N) is 1. The zero-order valence-corrected chi connectivity index (χ0v) is 10.3. The van der Waals surface area contributed by atoms with Gasteiger partial charge in [0.1, 0.15) is 6.26 Å². The maximum atomic E-state index is 5.61. The van der Waals surface area contributed by atoms with Gasteiger partial charge in [-0.2, -0.15) is 11.8 Å². The summed E-state index contributed by atoms with van der Waals surface area (Å²) in [4.78, 5) is 4.67. The summed E-state index contributed by atoms with van der Waals surface area (Å²) in [6.07, 6.45) is 8.23. The first-order chi connectivity index (χ1) is 7.93. The number of aromatic nitrogens is 1. The maximum Gasteiger partial charge on any atom is 0.211 e. The predicted octanol–water partition coefficient (Wildman–Crippen LogP) is 3.06. The molecule has 1 aromatic heterocycles. The molecule has 2 aliphatic heterocycles. The van der Waals surface area contributed by atoms with Crippen molar-refractivity contribution in [3.8, 4) is 0 Å². The van der Waals surface area contributed by atoms with Gasteiger partial charge in [0.2, 0.25) is 5.89 Å². The molecule has 88 valence electrons. The third-order valence-corrected chi connectivity index (χ3v) is 4.81. The second-order valence-electron chi connectivity index (χ2n) is 4.61. The van der Waals surface area contributed by atoms with Crippen LogP contribution in [0.1, 0.15) is 55.0 Å². The summed E-state index contributed by atoms with van der Waals surface area (Å²) in [5.41, 5.74) is 1.16. The third-order valence-electron chi connectivity index (χ3n) is 3.41. The quantitative estimate of drug-likeness (QED) is 0.859. The van der Waals surface area contributed by atoms with Crippen molar-refractivity contribution in [3.63, 3.8) is 0 Å². The van der Waals surface area contributed by atoms with Crippen LogP contribution in [-0.4, -0.2) is 17.3 Å². The van der Waals surface area contributed by atoms with Gasteiger partial charge < -0.3 is 9.73 Å². The number of hydrogen-bond acceptors (Lipinski definition) is 4. The molecule has 0 aromatic carbocycles. The van der Waals surface area contributed by atoms with Crippen molar-refractivity contribution in [3.05, 3.63) is 17.8 Å². The van der Waals surface area contributed by atoms with Crippen LogP contribution in [0.3, 0.4) is 0 Å². The van der Waals surface area contributed by atoms with E-state index in [0.717, 1.165) is 24.6 Å². The van der Waals surface area contributed by atoms with E-state index in [2.05, 4.69) is 10.3 Å². The van der Waals surface area contributed by atoms with E-state index < -0.39 is 0 Å². The lowest BCUT2D eigenvalue weighted by atomic mass is 10.1. The Morgan fingerprint density at radius 2 is 2.31 bits per heavy atom. The molecule has 3 nitrogen and oxygen atoms in total. The zero-order chi connectivity index (χ0) is 10.8. The third kappa shape index (κ3) is 2.13. The van der Waals surface area contributed by atoms with E-state index >= 15 is 0 Å². The summed E-state index contributed by atoms with van der Waals surface area (Å²) in [5, 5.41) is 4.00. The predicted molar refractivity (Wildman–Crippen MR) is 65.5 cm³/mol. The first-order valence-electron chi connectivity index (χ1n) is 6.24. The summed E-state index contributed by atoms with van der Waals surface area (Å²) in [6, 6.07) is 0.363. The lowest BCUT2D eigenvalue weighted by molar-refractivity contribution is 0.429. The van der Waals surface area contributed by atoms with Crippen molar-refractivity contribution in [2.75, 3.05) is 12.3 Å². The van der Waals surface area contributed by atoms with Gasteiger partial charge in [-0.25, -0.2) is 4.98 Å². The molecule has 4 heteroatoms. The smallest absolute Gasteiger partial charge is 0.211 e. The van der Waals surface area contributed by atoms with E-state index in [0.29, 0.717) is 11.3 Å². The Labute approximate surface area is 100 Å². The average molecular weight is 238 g/mol. The number of oxazole rings is 1. The Balaban J connectivity index is 1.71. The fourth-order valence-corrected chi connectivity index (χ4v) is 3.75. The molecule has 0 bridgehead atoms. The van der Waals surface area contributed by atoms with Crippen molar-refractivity contribution in [1.82, 2.24) is 10.3 Å². The van der Waals surface area contributed by atoms with Crippen LogP contribution in [0.5, 0.6) is 0 Å². The number of rotatable bonds is 2. The van der Waals surface area contributed by atoms with Gasteiger partial charge in [0.15, 0.2) is 0 Å². The molecular weight excluding hydrogens is 220 g/mol. The molecule has 2 saturated heterocycles. The fourth-order valence-electron chi connectivity index (χ4n) is 2.48. The minimum atomic E-state index is 0.363. The largest absolute Gasteiger partial charge is 0.447 e. The van der Waals surface area contributed by atoms with Gasteiger partial charge in [-0.3, -0.25) is 0 Å². The summed E-state index contributed by atoms with van der Waals surface area (Å²) in [5.74, 6) is 2.17. The Hall–Kier alpha value is -0.480. The van der Waals surface area contributed by atoms with Crippen LogP contribution >= 0.6 is 11.8 Å². The van der Waals surface area contributed by atoms with Crippen molar-refractivity contribution < 1.29 is 4.42 Å². The SMILES string of the molecule is c1oc(C2CCCN2)nc1C1CCCCS1. The molecule has 3 rings (SSSR count). The lowest BCUT2D eigenvalue weighted by Gasteiger charge is -2.18. The van der Waals surface area contributed by atoms with Crippen LogP contribution in [-0.2, 0) is 0 Å². The zero-order valence-electron chi connectivity index (χ0n) is 9.45. The molecule has 2 fully saturated rings. The minimum Gasteiger partial charge on any atom is -0.447 e. The van der Waals surface area contributed by atoms with Crippen molar-refractivity contribution in [2.45, 2.75) is 43.4 Å². The van der Waals surface area contributed by atoms with Crippen LogP contribution < -0.4 is 5.32 Å². The summed E-state index contributed by atoms with van der Waals surface area (Å²) in [7, 11) is 0. The molecule has 0 saturated carbocycles. The van der Waals surface area contributed by atoms with Gasteiger partial charge in [0.05, 0.1) is 17.0 Å². The van der Waals surface area contributed by atoms with Gasteiger partial charge in [-0.15, -0.1) is 0 Å². The van der Waals surface area contributed by atoms with Gasteiger partial charge in [-0.1, -0.05) is 6.42 Å². The topological polar surface area (TPSA) is 38.1 Å². The fraction of sp³-hybridized carbons (Fsp3) is 0.750. The molecule has 0 radical (unpaired) electrons. The molecule has 2 aliphatic rings. The van der Waals surface area contributed by atoms with Crippen molar-refractivity contribution in [1.29, 1.82) is 0 Å². The van der Waals surface area contributed by atoms with E-state index in [9.17, 15) is 0 Å². The summed E-state index contributed by atoms with van der Waals surface area (Å²) in [6.45, 7) is 1.10. The molecule has 0 spiro atoms. The highest BCUT2D eigenvalue weighted by Crippen LogP contribution is 2.38. The van der Waals surface area contributed by atoms with E-state index in [1.807, 2.05) is 18.0 Å². The first kappa shape index (κ1) is 10.7. The van der Waals surface area contributed by atoms with E-state index in [1.165, 1.54) is 31.4 Å². The van der Waals surface area contributed by atoms with Crippen LogP contribution in [0, 0.1) is 0 Å². The Morgan fingerprint density at radius 3 is 3.06 bits per heavy atom.